The average Bonchev–Trinajstić information content (AvgIpc) is 3.43. The molecule has 0 bridgehead atoms. The minimum absolute atomic E-state index is 0.0525. The van der Waals surface area contributed by atoms with E-state index in [1.807, 2.05) is 0 Å². The van der Waals surface area contributed by atoms with E-state index in [1.165, 1.54) is 14.0 Å². The van der Waals surface area contributed by atoms with Gasteiger partial charge in [0, 0.05) is 27.2 Å². The summed E-state index contributed by atoms with van der Waals surface area (Å²) in [5.74, 6) is -0.991. The largest absolute Gasteiger partial charge is 0.469 e. The summed E-state index contributed by atoms with van der Waals surface area (Å²) in [4.78, 5) is 61.4. The van der Waals surface area contributed by atoms with Crippen molar-refractivity contribution in [1.82, 2.24) is 0 Å². The molecule has 13 heteroatoms. The zero-order valence-corrected chi connectivity index (χ0v) is 31.4. The van der Waals surface area contributed by atoms with E-state index >= 15 is 0 Å². The molecule has 0 aromatic heterocycles. The Morgan fingerprint density at radius 1 is 0.765 bits per heavy atom. The number of aliphatic hydroxyl groups is 1. The number of hydrogen-bond acceptors (Lipinski definition) is 13. The molecule has 5 rings (SSSR count). The van der Waals surface area contributed by atoms with Crippen LogP contribution < -0.4 is 0 Å². The fourth-order valence-electron chi connectivity index (χ4n) is 11.4. The van der Waals surface area contributed by atoms with E-state index in [0.29, 0.717) is 48.9 Å². The highest BCUT2D eigenvalue weighted by atomic mass is 16.7. The van der Waals surface area contributed by atoms with E-state index in [-0.39, 0.29) is 22.7 Å². The Labute approximate surface area is 301 Å². The molecule has 1 heterocycles. The summed E-state index contributed by atoms with van der Waals surface area (Å²) in [5, 5.41) is 11.9. The van der Waals surface area contributed by atoms with Crippen molar-refractivity contribution >= 4 is 29.8 Å². The molecule has 1 aliphatic heterocycles. The van der Waals surface area contributed by atoms with Gasteiger partial charge < -0.3 is 38.3 Å². The molecule has 51 heavy (non-hydrogen) atoms. The third kappa shape index (κ3) is 7.81. The van der Waals surface area contributed by atoms with Crippen molar-refractivity contribution in [1.29, 1.82) is 0 Å². The minimum Gasteiger partial charge on any atom is -0.469 e. The first kappa shape index (κ1) is 39.4. The van der Waals surface area contributed by atoms with Crippen LogP contribution in [0.5, 0.6) is 0 Å². The predicted molar refractivity (Wildman–Crippen MR) is 179 cm³/mol. The molecule has 4 saturated carbocycles. The third-order valence-corrected chi connectivity index (χ3v) is 13.6. The summed E-state index contributed by atoms with van der Waals surface area (Å²) in [6.07, 6.45) is 0.371. The van der Waals surface area contributed by atoms with Gasteiger partial charge in [-0.1, -0.05) is 20.8 Å². The number of aliphatic hydroxyl groups excluding tert-OH is 1. The zero-order chi connectivity index (χ0) is 37.4. The predicted octanol–water partition coefficient (Wildman–Crippen LogP) is 4.28. The van der Waals surface area contributed by atoms with Crippen LogP contribution in [-0.4, -0.2) is 92.1 Å². The monoisotopic (exact) mass is 722 g/mol. The van der Waals surface area contributed by atoms with Crippen molar-refractivity contribution in [3.63, 3.8) is 0 Å². The van der Waals surface area contributed by atoms with Gasteiger partial charge in [0.1, 0.15) is 0 Å². The highest BCUT2D eigenvalue weighted by molar-refractivity contribution is 5.77. The van der Waals surface area contributed by atoms with Gasteiger partial charge in [0.05, 0.1) is 26.4 Å². The smallest absolute Gasteiger partial charge is 0.339 e. The number of carbonyl (C=O) groups excluding carboxylic acids is 5. The SMILES string of the molecule is COC(=O)CC[C@@H](C)[C@H]1CC[C@H]2[C@@H]3C[C@H](O)[C@@H]4C[C@H](O[C@@H]5O[C@H](C(=O)OC)[C@@H](OC(C)=O)[C@H](OC(C)=O)[C@H]5OC(C)=O)CC[C@]4(C)[C@H]3CC[C@]12C. The molecule has 288 valence electrons. The molecule has 5 fully saturated rings. The molecule has 0 aromatic carbocycles. The van der Waals surface area contributed by atoms with Crippen LogP contribution >= 0.6 is 0 Å². The normalized spacial score (nSPS) is 42.2. The molecule has 1 saturated heterocycles. The second-order valence-electron chi connectivity index (χ2n) is 16.3. The van der Waals surface area contributed by atoms with Crippen molar-refractivity contribution < 1.29 is 62.2 Å². The fraction of sp³-hybridized carbons (Fsp3) is 0.868. The van der Waals surface area contributed by atoms with E-state index in [4.69, 9.17) is 33.2 Å². The Balaban J connectivity index is 1.33. The van der Waals surface area contributed by atoms with E-state index in [2.05, 4.69) is 20.8 Å². The van der Waals surface area contributed by atoms with Crippen LogP contribution in [0.1, 0.15) is 106 Å². The van der Waals surface area contributed by atoms with Crippen molar-refractivity contribution in [2.24, 2.45) is 46.3 Å². The lowest BCUT2D eigenvalue weighted by molar-refractivity contribution is -0.316. The third-order valence-electron chi connectivity index (χ3n) is 13.6. The van der Waals surface area contributed by atoms with Crippen LogP contribution in [0.3, 0.4) is 0 Å². The van der Waals surface area contributed by atoms with Crippen molar-refractivity contribution in [3.8, 4) is 0 Å². The van der Waals surface area contributed by atoms with Gasteiger partial charge in [-0.05, 0) is 104 Å². The zero-order valence-electron chi connectivity index (χ0n) is 31.4. The number of ether oxygens (including phenoxy) is 7. The lowest BCUT2D eigenvalue weighted by Crippen LogP contribution is -2.64. The average molecular weight is 723 g/mol. The van der Waals surface area contributed by atoms with Crippen molar-refractivity contribution in [3.05, 3.63) is 0 Å². The topological polar surface area (TPSA) is 170 Å². The Hall–Kier alpha value is -2.77. The molecule has 0 radical (unpaired) electrons. The van der Waals surface area contributed by atoms with Crippen LogP contribution in [0, 0.1) is 46.3 Å². The molecule has 13 nitrogen and oxygen atoms in total. The van der Waals surface area contributed by atoms with Gasteiger partial charge in [0.15, 0.2) is 30.7 Å². The molecule has 1 N–H and O–H groups in total. The van der Waals surface area contributed by atoms with E-state index in [1.54, 1.807) is 0 Å². The van der Waals surface area contributed by atoms with Gasteiger partial charge in [0.25, 0.3) is 0 Å². The first-order valence-corrected chi connectivity index (χ1v) is 18.7. The highest BCUT2D eigenvalue weighted by Gasteiger charge is 2.63. The lowest BCUT2D eigenvalue weighted by atomic mass is 9.43. The minimum atomic E-state index is -1.52. The molecular weight excluding hydrogens is 664 g/mol. The maximum absolute atomic E-state index is 12.9. The van der Waals surface area contributed by atoms with Crippen LogP contribution in [0.25, 0.3) is 0 Å². The standard InChI is InChI=1S/C38H58O13/c1-19(9-12-30(43)45-7)25-10-11-26-24-18-29(42)28-17-23(13-15-38(28,6)27(24)14-16-37(25,26)5)50-36-34(49-22(4)41)32(48-21(3)40)31(47-20(2)39)33(51-36)35(44)46-8/h19,23-29,31-34,36,42H,9-18H2,1-8H3/t19-,23-,24+,25-,26+,27+,28+,29+,31+,32+,33+,34-,36-,37-,38-/m1/s1. The maximum atomic E-state index is 12.9. The molecule has 0 spiro atoms. The van der Waals surface area contributed by atoms with Crippen molar-refractivity contribution in [2.45, 2.75) is 149 Å². The fourth-order valence-corrected chi connectivity index (χ4v) is 11.4. The van der Waals surface area contributed by atoms with Gasteiger partial charge >= 0.3 is 29.8 Å². The van der Waals surface area contributed by atoms with Gasteiger partial charge in [-0.3, -0.25) is 19.2 Å². The summed E-state index contributed by atoms with van der Waals surface area (Å²) in [6.45, 7) is 10.5. The number of fused-ring (bicyclic) bond motifs is 5. The van der Waals surface area contributed by atoms with Gasteiger partial charge in [-0.25, -0.2) is 4.79 Å². The number of rotatable bonds is 10. The summed E-state index contributed by atoms with van der Waals surface area (Å²) < 4.78 is 38.9. The van der Waals surface area contributed by atoms with Crippen LogP contribution in [0.2, 0.25) is 0 Å². The Bertz CT molecular complexity index is 1320. The summed E-state index contributed by atoms with van der Waals surface area (Å²) in [6, 6.07) is 0. The molecule has 0 amide bonds. The molecule has 0 unspecified atom stereocenters. The van der Waals surface area contributed by atoms with E-state index in [0.717, 1.165) is 65.9 Å². The number of methoxy groups -OCH3 is 2. The number of esters is 5. The van der Waals surface area contributed by atoms with Gasteiger partial charge in [0.2, 0.25) is 0 Å². The van der Waals surface area contributed by atoms with Crippen LogP contribution in [0.15, 0.2) is 0 Å². The first-order valence-electron chi connectivity index (χ1n) is 18.7. The summed E-state index contributed by atoms with van der Waals surface area (Å²) in [7, 11) is 2.59. The molecular formula is C38H58O13. The number of hydrogen-bond donors (Lipinski definition) is 1. The summed E-state index contributed by atoms with van der Waals surface area (Å²) >= 11 is 0. The molecule has 4 aliphatic carbocycles. The van der Waals surface area contributed by atoms with E-state index in [9.17, 15) is 29.1 Å². The van der Waals surface area contributed by atoms with Crippen LogP contribution in [-0.2, 0) is 57.1 Å². The Morgan fingerprint density at radius 3 is 2.00 bits per heavy atom. The van der Waals surface area contributed by atoms with Gasteiger partial charge in [-0.15, -0.1) is 0 Å². The number of carbonyl (C=O) groups is 5. The Kier molecular flexibility index (Phi) is 12.1. The van der Waals surface area contributed by atoms with Crippen molar-refractivity contribution in [2.75, 3.05) is 14.2 Å². The molecule has 5 aliphatic rings. The molecule has 15 atom stereocenters. The highest BCUT2D eigenvalue weighted by Crippen LogP contribution is 2.68. The van der Waals surface area contributed by atoms with Gasteiger partial charge in [-0.2, -0.15) is 0 Å². The maximum Gasteiger partial charge on any atom is 0.339 e. The lowest BCUT2D eigenvalue weighted by Gasteiger charge is -2.62. The van der Waals surface area contributed by atoms with E-state index < -0.39 is 66.8 Å². The second kappa shape index (κ2) is 15.7. The summed E-state index contributed by atoms with van der Waals surface area (Å²) in [5.41, 5.74) is 0.0542. The van der Waals surface area contributed by atoms with Crippen LogP contribution in [0.4, 0.5) is 0 Å². The second-order valence-corrected chi connectivity index (χ2v) is 16.3. The molecule has 0 aromatic rings. The quantitative estimate of drug-likeness (QED) is 0.193. The first-order chi connectivity index (χ1) is 24.0. The Morgan fingerprint density at radius 2 is 1.37 bits per heavy atom.